The fourth-order valence-electron chi connectivity index (χ4n) is 2.88. The molecular formula is C18H19F4N5O. The number of amides is 1. The lowest BCUT2D eigenvalue weighted by Gasteiger charge is -2.12. The second-order valence-corrected chi connectivity index (χ2v) is 6.62. The first-order chi connectivity index (χ1) is 13.2. The summed E-state index contributed by atoms with van der Waals surface area (Å²) in [5.74, 6) is -1.33. The third-order valence-electron chi connectivity index (χ3n) is 4.43. The number of aliphatic imine (C=N–C) groups is 1. The van der Waals surface area contributed by atoms with Crippen molar-refractivity contribution in [2.45, 2.75) is 44.8 Å². The van der Waals surface area contributed by atoms with Crippen molar-refractivity contribution in [2.75, 3.05) is 5.32 Å². The molecule has 1 heterocycles. The Morgan fingerprint density at radius 2 is 1.96 bits per heavy atom. The van der Waals surface area contributed by atoms with E-state index in [1.165, 1.54) is 12.1 Å². The summed E-state index contributed by atoms with van der Waals surface area (Å²) in [5, 5.41) is 10.6. The van der Waals surface area contributed by atoms with Gasteiger partial charge in [-0.15, -0.1) is 0 Å². The van der Waals surface area contributed by atoms with E-state index in [4.69, 9.17) is 0 Å². The number of carbonyl (C=O) groups is 1. The average Bonchev–Trinajstić information content (AvgIpc) is 3.28. The minimum absolute atomic E-state index is 0.0295. The fourth-order valence-corrected chi connectivity index (χ4v) is 2.88. The molecule has 1 aromatic carbocycles. The number of H-pyrrole nitrogens is 1. The van der Waals surface area contributed by atoms with Crippen LogP contribution in [0.3, 0.4) is 0 Å². The van der Waals surface area contributed by atoms with Gasteiger partial charge >= 0.3 is 6.18 Å². The highest BCUT2D eigenvalue weighted by Crippen LogP contribution is 2.28. The smallest absolute Gasteiger partial charge is 0.309 e. The summed E-state index contributed by atoms with van der Waals surface area (Å²) < 4.78 is 51.9. The molecule has 3 rings (SSSR count). The third kappa shape index (κ3) is 4.87. The zero-order valence-corrected chi connectivity index (χ0v) is 15.0. The number of anilines is 1. The lowest BCUT2D eigenvalue weighted by Crippen LogP contribution is -2.37. The third-order valence-corrected chi connectivity index (χ3v) is 4.43. The Morgan fingerprint density at radius 1 is 1.25 bits per heavy atom. The summed E-state index contributed by atoms with van der Waals surface area (Å²) in [4.78, 5) is 16.8. The lowest BCUT2D eigenvalue weighted by molar-refractivity contribution is -0.141. The molecule has 0 bridgehead atoms. The van der Waals surface area contributed by atoms with Gasteiger partial charge in [-0.25, -0.2) is 9.38 Å². The van der Waals surface area contributed by atoms with Gasteiger partial charge in [-0.05, 0) is 37.5 Å². The zero-order valence-electron chi connectivity index (χ0n) is 15.0. The summed E-state index contributed by atoms with van der Waals surface area (Å²) >= 11 is 0. The van der Waals surface area contributed by atoms with E-state index in [-0.39, 0.29) is 23.4 Å². The highest BCUT2D eigenvalue weighted by Gasteiger charge is 2.33. The molecule has 3 N–H and O–H groups in total. The number of carbonyl (C=O) groups excluding carboxylic acids is 1. The van der Waals surface area contributed by atoms with E-state index in [1.807, 2.05) is 5.10 Å². The molecule has 10 heteroatoms. The Kier molecular flexibility index (Phi) is 5.66. The monoisotopic (exact) mass is 397 g/mol. The normalized spacial score (nSPS) is 15.7. The minimum Gasteiger partial charge on any atom is -0.309 e. The second kappa shape index (κ2) is 7.99. The number of hydrogen-bond acceptors (Lipinski definition) is 3. The molecule has 1 aliphatic carbocycles. The highest BCUT2D eigenvalue weighted by molar-refractivity contribution is 6.09. The largest absolute Gasteiger partial charge is 0.432 e. The van der Waals surface area contributed by atoms with Gasteiger partial charge in [-0.2, -0.15) is 18.3 Å². The number of benzene rings is 1. The van der Waals surface area contributed by atoms with Crippen LogP contribution in [0.25, 0.3) is 0 Å². The molecule has 0 aliphatic heterocycles. The quantitative estimate of drug-likeness (QED) is 0.416. The summed E-state index contributed by atoms with van der Waals surface area (Å²) in [7, 11) is 0. The molecule has 1 aliphatic rings. The van der Waals surface area contributed by atoms with Crippen LogP contribution in [0.2, 0.25) is 0 Å². The first kappa shape index (κ1) is 19.8. The van der Waals surface area contributed by atoms with Crippen molar-refractivity contribution in [2.24, 2.45) is 4.99 Å². The maximum absolute atomic E-state index is 13.7. The van der Waals surface area contributed by atoms with Crippen LogP contribution in [0.1, 0.15) is 47.3 Å². The maximum Gasteiger partial charge on any atom is 0.432 e. The molecule has 1 amide bonds. The maximum atomic E-state index is 13.7. The van der Waals surface area contributed by atoms with Crippen molar-refractivity contribution < 1.29 is 22.4 Å². The van der Waals surface area contributed by atoms with E-state index in [9.17, 15) is 22.4 Å². The van der Waals surface area contributed by atoms with E-state index in [2.05, 4.69) is 20.7 Å². The summed E-state index contributed by atoms with van der Waals surface area (Å²) in [6.07, 6.45) is -0.972. The van der Waals surface area contributed by atoms with Crippen molar-refractivity contribution in [3.63, 3.8) is 0 Å². The SMILES string of the molecule is Cc1ccc(C(=O)NC(=NC2CCCC2)Nc2cc(C(F)(F)F)[nH]n2)cc1F. The number of alkyl halides is 3. The lowest BCUT2D eigenvalue weighted by atomic mass is 10.1. The standard InChI is InChI=1S/C18H19F4N5O/c1-10-6-7-11(8-13(10)19)16(28)25-17(23-12-4-2-3-5-12)24-15-9-14(26-27-15)18(20,21)22/h6-9,12H,2-5H2,1H3,(H3,23,24,25,26,27,28). The Hall–Kier alpha value is -2.91. The number of aromatic amines is 1. The van der Waals surface area contributed by atoms with Crippen LogP contribution in [0, 0.1) is 12.7 Å². The minimum atomic E-state index is -4.57. The van der Waals surface area contributed by atoms with Crippen LogP contribution < -0.4 is 10.6 Å². The average molecular weight is 397 g/mol. The highest BCUT2D eigenvalue weighted by atomic mass is 19.4. The Labute approximate surface area is 158 Å². The molecule has 2 aromatic rings. The molecule has 0 spiro atoms. The van der Waals surface area contributed by atoms with Crippen molar-refractivity contribution in [1.82, 2.24) is 15.5 Å². The fraction of sp³-hybridized carbons (Fsp3) is 0.389. The van der Waals surface area contributed by atoms with E-state index in [1.54, 1.807) is 6.92 Å². The molecule has 0 atom stereocenters. The molecular weight excluding hydrogens is 378 g/mol. The van der Waals surface area contributed by atoms with E-state index in [0.29, 0.717) is 5.56 Å². The predicted octanol–water partition coefficient (Wildman–Crippen LogP) is 4.02. The van der Waals surface area contributed by atoms with E-state index >= 15 is 0 Å². The van der Waals surface area contributed by atoms with Crippen LogP contribution in [0.4, 0.5) is 23.4 Å². The molecule has 6 nitrogen and oxygen atoms in total. The molecule has 150 valence electrons. The van der Waals surface area contributed by atoms with Crippen LogP contribution in [-0.4, -0.2) is 28.1 Å². The number of aromatic nitrogens is 2. The number of guanidine groups is 1. The zero-order chi connectivity index (χ0) is 20.3. The Balaban J connectivity index is 1.79. The van der Waals surface area contributed by atoms with Crippen LogP contribution >= 0.6 is 0 Å². The van der Waals surface area contributed by atoms with Gasteiger partial charge in [-0.1, -0.05) is 18.9 Å². The molecule has 28 heavy (non-hydrogen) atoms. The van der Waals surface area contributed by atoms with Gasteiger partial charge < -0.3 is 5.32 Å². The molecule has 0 unspecified atom stereocenters. The van der Waals surface area contributed by atoms with Gasteiger partial charge in [0.25, 0.3) is 5.91 Å². The van der Waals surface area contributed by atoms with Crippen molar-refractivity contribution >= 4 is 17.7 Å². The summed E-state index contributed by atoms with van der Waals surface area (Å²) in [6, 6.07) is 4.74. The number of aryl methyl sites for hydroxylation is 1. The Morgan fingerprint density at radius 3 is 2.57 bits per heavy atom. The summed E-state index contributed by atoms with van der Waals surface area (Å²) in [5.41, 5.74) is -0.560. The summed E-state index contributed by atoms with van der Waals surface area (Å²) in [6.45, 7) is 1.57. The molecule has 0 saturated heterocycles. The van der Waals surface area contributed by atoms with E-state index in [0.717, 1.165) is 37.8 Å². The molecule has 1 aromatic heterocycles. The van der Waals surface area contributed by atoms with Crippen molar-refractivity contribution in [1.29, 1.82) is 0 Å². The Bertz CT molecular complexity index is 884. The topological polar surface area (TPSA) is 82.2 Å². The van der Waals surface area contributed by atoms with Gasteiger partial charge in [-0.3, -0.25) is 15.2 Å². The number of nitrogens with one attached hydrogen (secondary N) is 3. The van der Waals surface area contributed by atoms with Gasteiger partial charge in [0.1, 0.15) is 11.5 Å². The second-order valence-electron chi connectivity index (χ2n) is 6.62. The number of rotatable bonds is 3. The van der Waals surface area contributed by atoms with Gasteiger partial charge in [0.15, 0.2) is 5.82 Å². The predicted molar refractivity (Wildman–Crippen MR) is 95.5 cm³/mol. The van der Waals surface area contributed by atoms with Gasteiger partial charge in [0.2, 0.25) is 5.96 Å². The van der Waals surface area contributed by atoms with Gasteiger partial charge in [0, 0.05) is 11.6 Å². The molecule has 1 saturated carbocycles. The number of nitrogens with zero attached hydrogens (tertiary/aromatic N) is 2. The number of halogens is 4. The van der Waals surface area contributed by atoms with Crippen molar-refractivity contribution in [3.05, 3.63) is 46.9 Å². The first-order valence-electron chi connectivity index (χ1n) is 8.77. The van der Waals surface area contributed by atoms with E-state index < -0.39 is 23.6 Å². The van der Waals surface area contributed by atoms with Gasteiger partial charge in [0.05, 0.1) is 6.04 Å². The van der Waals surface area contributed by atoms with Crippen LogP contribution in [0.5, 0.6) is 0 Å². The molecule has 0 radical (unpaired) electrons. The first-order valence-corrected chi connectivity index (χ1v) is 8.77. The van der Waals surface area contributed by atoms with Crippen LogP contribution in [0.15, 0.2) is 29.3 Å². The van der Waals surface area contributed by atoms with Crippen molar-refractivity contribution in [3.8, 4) is 0 Å². The number of hydrogen-bond donors (Lipinski definition) is 3. The van der Waals surface area contributed by atoms with Crippen LogP contribution in [-0.2, 0) is 6.18 Å². The molecule has 1 fully saturated rings.